The number of aliphatic hydroxyl groups excluding tert-OH is 1. The van der Waals surface area contributed by atoms with Crippen molar-refractivity contribution in [3.63, 3.8) is 0 Å². The van der Waals surface area contributed by atoms with Crippen LogP contribution in [0.4, 0.5) is 13.2 Å². The van der Waals surface area contributed by atoms with E-state index in [1.54, 1.807) is 20.8 Å². The molecule has 0 radical (unpaired) electrons. The molecule has 0 saturated heterocycles. The molecule has 0 amide bonds. The van der Waals surface area contributed by atoms with Crippen molar-refractivity contribution in [2.75, 3.05) is 6.61 Å². The number of rotatable bonds is 9. The van der Waals surface area contributed by atoms with Gasteiger partial charge in [0.05, 0.1) is 6.10 Å². The molecule has 1 N–H and O–H groups in total. The van der Waals surface area contributed by atoms with E-state index in [0.29, 0.717) is 6.42 Å². The number of hydrogen-bond acceptors (Lipinski definition) is 7. The molecular weight excluding hydrogens is 541 g/mol. The first kappa shape index (κ1) is 31.4. The van der Waals surface area contributed by atoms with Crippen LogP contribution in [0.3, 0.4) is 0 Å². The quantitative estimate of drug-likeness (QED) is 0.293. The van der Waals surface area contributed by atoms with Gasteiger partial charge in [0.2, 0.25) is 11.6 Å². The Morgan fingerprint density at radius 3 is 2.41 bits per heavy atom. The SMILES string of the molecule is CCCCCC(=O)OCC(=O)[C@]1(OC(=O)CC)[C@H](C)C[C@H]2[C@@H]3C[C@H](F)C4=C(F)C(=O)C=C[C@]4(C)[C@@]3(F)[C@@H](O)C[C@@]21C. The maximum Gasteiger partial charge on any atom is 0.306 e. The van der Waals surface area contributed by atoms with E-state index in [1.807, 2.05) is 6.92 Å². The number of hydrogen-bond donors (Lipinski definition) is 1. The standard InChI is InChI=1S/C31H41F3O7/c1-6-8-9-10-25(39)40-16-23(37)31(41-24(38)7-2)17(3)13-18-19-14-20(32)26-27(33)21(35)11-12-28(26,4)30(19,34)22(36)15-29(18,31)5/h11-12,17-20,22,36H,6-10,13-16H2,1-5H3/t17-,18+,19+,20+,22+,28+,29+,30+,31-/m1/s1. The van der Waals surface area contributed by atoms with Gasteiger partial charge < -0.3 is 14.6 Å². The lowest BCUT2D eigenvalue weighted by Gasteiger charge is -2.63. The van der Waals surface area contributed by atoms with Crippen molar-refractivity contribution in [1.29, 1.82) is 0 Å². The molecule has 7 nitrogen and oxygen atoms in total. The van der Waals surface area contributed by atoms with Crippen LogP contribution in [-0.4, -0.2) is 58.8 Å². The van der Waals surface area contributed by atoms with E-state index in [2.05, 4.69) is 0 Å². The van der Waals surface area contributed by atoms with Gasteiger partial charge in [-0.05, 0) is 44.6 Å². The first-order chi connectivity index (χ1) is 19.1. The minimum atomic E-state index is -2.57. The summed E-state index contributed by atoms with van der Waals surface area (Å²) in [5.74, 6) is -6.96. The summed E-state index contributed by atoms with van der Waals surface area (Å²) in [5.41, 5.74) is -8.34. The number of alkyl halides is 2. The molecule has 3 fully saturated rings. The van der Waals surface area contributed by atoms with E-state index in [1.165, 1.54) is 6.92 Å². The fraction of sp³-hybridized carbons (Fsp3) is 0.742. The van der Waals surface area contributed by atoms with Crippen LogP contribution < -0.4 is 0 Å². The predicted octanol–water partition coefficient (Wildman–Crippen LogP) is 5.23. The van der Waals surface area contributed by atoms with Gasteiger partial charge in [-0.3, -0.25) is 19.2 Å². The monoisotopic (exact) mass is 582 g/mol. The molecule has 9 atom stereocenters. The molecule has 3 saturated carbocycles. The third kappa shape index (κ3) is 4.41. The van der Waals surface area contributed by atoms with E-state index < -0.39 is 100 Å². The number of aliphatic hydroxyl groups is 1. The zero-order chi connectivity index (χ0) is 30.5. The molecule has 4 aliphatic rings. The molecule has 0 spiro atoms. The Hall–Kier alpha value is -2.49. The molecule has 0 unspecified atom stereocenters. The number of ether oxygens (including phenoxy) is 2. The van der Waals surface area contributed by atoms with Crippen LogP contribution in [0.1, 0.15) is 86.0 Å². The number of unbranched alkanes of at least 4 members (excludes halogenated alkanes) is 2. The number of ketones is 2. The summed E-state index contributed by atoms with van der Waals surface area (Å²) in [6.45, 7) is 7.49. The molecule has 41 heavy (non-hydrogen) atoms. The van der Waals surface area contributed by atoms with Crippen LogP contribution in [0.5, 0.6) is 0 Å². The number of carbonyl (C=O) groups is 4. The minimum absolute atomic E-state index is 0.0603. The first-order valence-corrected chi connectivity index (χ1v) is 14.7. The first-order valence-electron chi connectivity index (χ1n) is 14.7. The summed E-state index contributed by atoms with van der Waals surface area (Å²) in [6.07, 6.45) is -0.136. The molecular formula is C31H41F3O7. The highest BCUT2D eigenvalue weighted by Gasteiger charge is 2.78. The highest BCUT2D eigenvalue weighted by atomic mass is 19.2. The van der Waals surface area contributed by atoms with Gasteiger partial charge in [0.15, 0.2) is 23.7 Å². The number of fused-ring (bicyclic) bond motifs is 5. The molecule has 10 heteroatoms. The molecule has 0 aromatic heterocycles. The lowest BCUT2D eigenvalue weighted by molar-refractivity contribution is -0.232. The fourth-order valence-electron chi connectivity index (χ4n) is 8.58. The second kappa shape index (κ2) is 11.0. The van der Waals surface area contributed by atoms with Crippen molar-refractivity contribution >= 4 is 23.5 Å². The summed E-state index contributed by atoms with van der Waals surface area (Å²) >= 11 is 0. The smallest absolute Gasteiger partial charge is 0.306 e. The zero-order valence-electron chi connectivity index (χ0n) is 24.4. The van der Waals surface area contributed by atoms with Crippen LogP contribution in [0.15, 0.2) is 23.6 Å². The van der Waals surface area contributed by atoms with Crippen LogP contribution >= 0.6 is 0 Å². The summed E-state index contributed by atoms with van der Waals surface area (Å²) in [6, 6.07) is 0. The molecule has 4 rings (SSSR count). The van der Waals surface area contributed by atoms with Gasteiger partial charge in [-0.25, -0.2) is 13.2 Å². The fourth-order valence-corrected chi connectivity index (χ4v) is 8.58. The van der Waals surface area contributed by atoms with Crippen molar-refractivity contribution < 1.29 is 46.9 Å². The Morgan fingerprint density at radius 2 is 1.78 bits per heavy atom. The molecule has 0 aliphatic heterocycles. The highest BCUT2D eigenvalue weighted by Crippen LogP contribution is 2.72. The van der Waals surface area contributed by atoms with Gasteiger partial charge in [0.25, 0.3) is 0 Å². The Labute approximate surface area is 238 Å². The summed E-state index contributed by atoms with van der Waals surface area (Å²) in [7, 11) is 0. The van der Waals surface area contributed by atoms with E-state index in [4.69, 9.17) is 9.47 Å². The Balaban J connectivity index is 1.76. The second-order valence-corrected chi connectivity index (χ2v) is 12.7. The van der Waals surface area contributed by atoms with Crippen LogP contribution in [0.25, 0.3) is 0 Å². The number of halogens is 3. The van der Waals surface area contributed by atoms with Crippen molar-refractivity contribution in [3.8, 4) is 0 Å². The highest BCUT2D eigenvalue weighted by molar-refractivity contribution is 6.04. The topological polar surface area (TPSA) is 107 Å². The average Bonchev–Trinajstić information content (AvgIpc) is 3.13. The summed E-state index contributed by atoms with van der Waals surface area (Å²) < 4.78 is 59.4. The second-order valence-electron chi connectivity index (χ2n) is 12.7. The maximum absolute atomic E-state index is 17.5. The van der Waals surface area contributed by atoms with Crippen molar-refractivity contribution in [3.05, 3.63) is 23.6 Å². The van der Waals surface area contributed by atoms with E-state index >= 15 is 8.78 Å². The van der Waals surface area contributed by atoms with Gasteiger partial charge >= 0.3 is 11.9 Å². The maximum atomic E-state index is 17.5. The average molecular weight is 583 g/mol. The van der Waals surface area contributed by atoms with Crippen LogP contribution in [0, 0.1) is 28.6 Å². The number of allylic oxidation sites excluding steroid dienone is 4. The van der Waals surface area contributed by atoms with E-state index in [-0.39, 0.29) is 25.7 Å². The Kier molecular flexibility index (Phi) is 8.41. The summed E-state index contributed by atoms with van der Waals surface area (Å²) in [5, 5.41) is 11.6. The Morgan fingerprint density at radius 1 is 1.10 bits per heavy atom. The van der Waals surface area contributed by atoms with Crippen LogP contribution in [0.2, 0.25) is 0 Å². The number of carbonyl (C=O) groups excluding carboxylic acids is 4. The Bertz CT molecular complexity index is 1180. The van der Waals surface area contributed by atoms with Crippen LogP contribution in [-0.2, 0) is 28.7 Å². The third-order valence-corrected chi connectivity index (χ3v) is 10.6. The lowest BCUT2D eigenvalue weighted by atomic mass is 9.44. The molecule has 0 aromatic rings. The van der Waals surface area contributed by atoms with Gasteiger partial charge in [-0.15, -0.1) is 0 Å². The van der Waals surface area contributed by atoms with Gasteiger partial charge in [-0.1, -0.05) is 46.6 Å². The third-order valence-electron chi connectivity index (χ3n) is 10.6. The zero-order valence-corrected chi connectivity index (χ0v) is 24.4. The minimum Gasteiger partial charge on any atom is -0.457 e. The predicted molar refractivity (Wildman–Crippen MR) is 142 cm³/mol. The van der Waals surface area contributed by atoms with Crippen molar-refractivity contribution in [1.82, 2.24) is 0 Å². The normalized spacial score (nSPS) is 41.4. The molecule has 4 aliphatic carbocycles. The van der Waals surface area contributed by atoms with Gasteiger partial charge in [0.1, 0.15) is 6.17 Å². The number of esters is 2. The van der Waals surface area contributed by atoms with Crippen molar-refractivity contribution in [2.45, 2.75) is 110 Å². The molecule has 228 valence electrons. The van der Waals surface area contributed by atoms with Gasteiger partial charge in [0, 0.05) is 41.1 Å². The van der Waals surface area contributed by atoms with Crippen molar-refractivity contribution in [2.24, 2.45) is 28.6 Å². The lowest BCUT2D eigenvalue weighted by Crippen LogP contribution is -2.71. The van der Waals surface area contributed by atoms with E-state index in [0.717, 1.165) is 25.0 Å². The van der Waals surface area contributed by atoms with Gasteiger partial charge in [-0.2, -0.15) is 0 Å². The van der Waals surface area contributed by atoms with E-state index in [9.17, 15) is 28.7 Å². The molecule has 0 heterocycles. The number of Topliss-reactive ketones (excluding diaryl/α,β-unsaturated/α-hetero) is 1. The summed E-state index contributed by atoms with van der Waals surface area (Å²) in [4.78, 5) is 51.1. The largest absolute Gasteiger partial charge is 0.457 e. The molecule has 0 bridgehead atoms. The molecule has 0 aromatic carbocycles.